The summed E-state index contributed by atoms with van der Waals surface area (Å²) >= 11 is 0. The molecule has 2 unspecified atom stereocenters. The van der Waals surface area contributed by atoms with Gasteiger partial charge in [-0.15, -0.1) is 0 Å². The fourth-order valence-corrected chi connectivity index (χ4v) is 4.23. The zero-order valence-corrected chi connectivity index (χ0v) is 15.9. The molecule has 1 N–H and O–H groups in total. The van der Waals surface area contributed by atoms with Crippen molar-refractivity contribution in [2.24, 2.45) is 0 Å². The maximum Gasteiger partial charge on any atom is 0.269 e. The van der Waals surface area contributed by atoms with Crippen LogP contribution in [-0.4, -0.2) is 23.7 Å². The van der Waals surface area contributed by atoms with Crippen molar-refractivity contribution in [3.05, 3.63) is 81.0 Å². The number of nitrogens with one attached hydrogen (secondary N) is 1. The van der Waals surface area contributed by atoms with Crippen LogP contribution in [-0.2, 0) is 9.59 Å². The standard InChI is InChI=1S/C22H20N2O5/c1-29-17-7-3-4-13(9-17)15-10-19-22(20(25)11-15)18(12-21(26)23-19)14-5-2-6-16(8-14)24(27)28/h2-9,15,18H,10-12H2,1H3,(H,23,26). The quantitative estimate of drug-likeness (QED) is 0.633. The third kappa shape index (κ3) is 3.63. The number of hydrogen-bond acceptors (Lipinski definition) is 5. The van der Waals surface area contributed by atoms with E-state index in [1.165, 1.54) is 12.1 Å². The topological polar surface area (TPSA) is 98.5 Å². The Morgan fingerprint density at radius 1 is 1.03 bits per heavy atom. The van der Waals surface area contributed by atoms with Gasteiger partial charge in [0.15, 0.2) is 5.78 Å². The third-order valence-electron chi connectivity index (χ3n) is 5.58. The molecular weight excluding hydrogens is 372 g/mol. The Hall–Kier alpha value is -3.48. The Labute approximate surface area is 167 Å². The van der Waals surface area contributed by atoms with Crippen LogP contribution in [0, 0.1) is 10.1 Å². The summed E-state index contributed by atoms with van der Waals surface area (Å²) < 4.78 is 5.28. The van der Waals surface area contributed by atoms with Crippen LogP contribution < -0.4 is 10.1 Å². The first-order valence-corrected chi connectivity index (χ1v) is 9.40. The molecule has 7 heteroatoms. The molecule has 1 heterocycles. The molecule has 29 heavy (non-hydrogen) atoms. The number of amides is 1. The number of hydrogen-bond donors (Lipinski definition) is 1. The van der Waals surface area contributed by atoms with Crippen molar-refractivity contribution in [2.45, 2.75) is 31.1 Å². The van der Waals surface area contributed by atoms with Crippen LogP contribution in [0.2, 0.25) is 0 Å². The maximum atomic E-state index is 13.1. The lowest BCUT2D eigenvalue weighted by atomic mass is 9.73. The molecule has 0 spiro atoms. The Morgan fingerprint density at radius 3 is 2.55 bits per heavy atom. The largest absolute Gasteiger partial charge is 0.497 e. The molecule has 4 rings (SSSR count). The number of non-ortho nitro benzene ring substituents is 1. The van der Waals surface area contributed by atoms with Crippen molar-refractivity contribution in [3.63, 3.8) is 0 Å². The van der Waals surface area contributed by atoms with E-state index in [1.54, 1.807) is 19.2 Å². The molecule has 0 aromatic heterocycles. The van der Waals surface area contributed by atoms with Crippen molar-refractivity contribution in [3.8, 4) is 5.75 Å². The highest BCUT2D eigenvalue weighted by Gasteiger charge is 2.38. The zero-order chi connectivity index (χ0) is 20.5. The molecular formula is C22H20N2O5. The zero-order valence-electron chi connectivity index (χ0n) is 15.9. The molecule has 2 atom stereocenters. The van der Waals surface area contributed by atoms with Crippen molar-refractivity contribution in [2.75, 3.05) is 7.11 Å². The highest BCUT2D eigenvalue weighted by molar-refractivity contribution is 6.02. The smallest absolute Gasteiger partial charge is 0.269 e. The van der Waals surface area contributed by atoms with E-state index in [4.69, 9.17) is 4.74 Å². The van der Waals surface area contributed by atoms with Crippen LogP contribution >= 0.6 is 0 Å². The Morgan fingerprint density at radius 2 is 1.79 bits per heavy atom. The van der Waals surface area contributed by atoms with E-state index in [9.17, 15) is 19.7 Å². The molecule has 2 aliphatic rings. The van der Waals surface area contributed by atoms with Gasteiger partial charge in [0.05, 0.1) is 12.0 Å². The Balaban J connectivity index is 1.71. The summed E-state index contributed by atoms with van der Waals surface area (Å²) in [5, 5.41) is 14.0. The van der Waals surface area contributed by atoms with Gasteiger partial charge in [0.2, 0.25) is 5.91 Å². The molecule has 1 amide bonds. The summed E-state index contributed by atoms with van der Waals surface area (Å²) in [7, 11) is 1.59. The first-order chi connectivity index (χ1) is 14.0. The summed E-state index contributed by atoms with van der Waals surface area (Å²) in [5.41, 5.74) is 2.75. The fourth-order valence-electron chi connectivity index (χ4n) is 4.23. The van der Waals surface area contributed by atoms with Crippen molar-refractivity contribution < 1.29 is 19.2 Å². The Kier molecular flexibility index (Phi) is 4.88. The summed E-state index contributed by atoms with van der Waals surface area (Å²) in [5.74, 6) is -0.00952. The number of Topliss-reactive ketones (excluding diaryl/α,β-unsaturated/α-hetero) is 1. The van der Waals surface area contributed by atoms with Crippen LogP contribution in [0.1, 0.15) is 42.2 Å². The summed E-state index contributed by atoms with van der Waals surface area (Å²) in [6, 6.07) is 13.8. The Bertz CT molecular complexity index is 1040. The van der Waals surface area contributed by atoms with Gasteiger partial charge in [-0.3, -0.25) is 19.7 Å². The molecule has 1 aliphatic heterocycles. The molecule has 0 radical (unpaired) electrons. The second-order valence-electron chi connectivity index (χ2n) is 7.35. The number of rotatable bonds is 4. The first kappa shape index (κ1) is 18.9. The third-order valence-corrected chi connectivity index (χ3v) is 5.58. The lowest BCUT2D eigenvalue weighted by molar-refractivity contribution is -0.384. The van der Waals surface area contributed by atoms with E-state index in [1.807, 2.05) is 24.3 Å². The summed E-state index contributed by atoms with van der Waals surface area (Å²) in [6.07, 6.45) is 0.967. The number of carbonyl (C=O) groups is 2. The summed E-state index contributed by atoms with van der Waals surface area (Å²) in [4.78, 5) is 36.1. The predicted molar refractivity (Wildman–Crippen MR) is 106 cm³/mol. The van der Waals surface area contributed by atoms with Gasteiger partial charge in [0, 0.05) is 42.2 Å². The first-order valence-electron chi connectivity index (χ1n) is 9.40. The van der Waals surface area contributed by atoms with Crippen LogP contribution in [0.3, 0.4) is 0 Å². The maximum absolute atomic E-state index is 13.1. The van der Waals surface area contributed by atoms with Gasteiger partial charge in [0.25, 0.3) is 5.69 Å². The molecule has 0 bridgehead atoms. The van der Waals surface area contributed by atoms with E-state index in [0.29, 0.717) is 29.7 Å². The van der Waals surface area contributed by atoms with E-state index in [0.717, 1.165) is 11.3 Å². The normalized spacial score (nSPS) is 21.4. The number of allylic oxidation sites excluding steroid dienone is 2. The molecule has 0 saturated heterocycles. The highest BCUT2D eigenvalue weighted by atomic mass is 16.6. The molecule has 148 valence electrons. The minimum atomic E-state index is -0.469. The van der Waals surface area contributed by atoms with E-state index in [2.05, 4.69) is 5.32 Å². The van der Waals surface area contributed by atoms with Gasteiger partial charge >= 0.3 is 0 Å². The number of nitro groups is 1. The molecule has 1 aliphatic carbocycles. The number of nitrogens with zero attached hydrogens (tertiary/aromatic N) is 1. The second kappa shape index (κ2) is 7.50. The summed E-state index contributed by atoms with van der Waals surface area (Å²) in [6.45, 7) is 0. The highest BCUT2D eigenvalue weighted by Crippen LogP contribution is 2.43. The monoisotopic (exact) mass is 392 g/mol. The van der Waals surface area contributed by atoms with Gasteiger partial charge in [-0.25, -0.2) is 0 Å². The molecule has 2 aromatic rings. The van der Waals surface area contributed by atoms with Crippen LogP contribution in [0.15, 0.2) is 59.8 Å². The molecule has 7 nitrogen and oxygen atoms in total. The van der Waals surface area contributed by atoms with Crippen molar-refractivity contribution in [1.29, 1.82) is 0 Å². The van der Waals surface area contributed by atoms with Crippen molar-refractivity contribution in [1.82, 2.24) is 5.32 Å². The van der Waals surface area contributed by atoms with E-state index < -0.39 is 10.8 Å². The van der Waals surface area contributed by atoms with Gasteiger partial charge in [0.1, 0.15) is 5.75 Å². The second-order valence-corrected chi connectivity index (χ2v) is 7.35. The number of carbonyl (C=O) groups excluding carboxylic acids is 2. The number of ketones is 1. The molecule has 2 aromatic carbocycles. The minimum Gasteiger partial charge on any atom is -0.497 e. The van der Waals surface area contributed by atoms with Gasteiger partial charge in [-0.2, -0.15) is 0 Å². The van der Waals surface area contributed by atoms with Gasteiger partial charge < -0.3 is 10.1 Å². The lowest BCUT2D eigenvalue weighted by Gasteiger charge is -2.34. The number of nitro benzene ring substituents is 1. The average molecular weight is 392 g/mol. The molecule has 0 fully saturated rings. The van der Waals surface area contributed by atoms with Gasteiger partial charge in [-0.1, -0.05) is 24.3 Å². The number of methoxy groups -OCH3 is 1. The predicted octanol–water partition coefficient (Wildman–Crippen LogP) is 3.61. The number of benzene rings is 2. The SMILES string of the molecule is COc1cccc(C2CC(=O)C3=C(C2)NC(=O)CC3c2cccc([N+](=O)[O-])c2)c1. The van der Waals surface area contributed by atoms with E-state index >= 15 is 0 Å². The number of ether oxygens (including phenoxy) is 1. The van der Waals surface area contributed by atoms with E-state index in [-0.39, 0.29) is 29.7 Å². The van der Waals surface area contributed by atoms with Crippen LogP contribution in [0.5, 0.6) is 5.75 Å². The fraction of sp³-hybridized carbons (Fsp3) is 0.273. The average Bonchev–Trinajstić information content (AvgIpc) is 2.72. The van der Waals surface area contributed by atoms with Crippen molar-refractivity contribution >= 4 is 17.4 Å². The lowest BCUT2D eigenvalue weighted by Crippen LogP contribution is -2.38. The van der Waals surface area contributed by atoms with Crippen LogP contribution in [0.4, 0.5) is 5.69 Å². The minimum absolute atomic E-state index is 0.0319. The van der Waals surface area contributed by atoms with Gasteiger partial charge in [-0.05, 0) is 35.6 Å². The van der Waals surface area contributed by atoms with Crippen LogP contribution in [0.25, 0.3) is 0 Å². The molecule has 0 saturated carbocycles.